The lowest BCUT2D eigenvalue weighted by atomic mass is 10.1. The Morgan fingerprint density at radius 2 is 1.22 bits per heavy atom. The molecule has 7 nitrogen and oxygen atoms in total. The van der Waals surface area contributed by atoms with Gasteiger partial charge in [0.25, 0.3) is 0 Å². The Morgan fingerprint density at radius 3 is 1.81 bits per heavy atom. The van der Waals surface area contributed by atoms with Gasteiger partial charge in [-0.15, -0.1) is 0 Å². The molecule has 0 bridgehead atoms. The van der Waals surface area contributed by atoms with Crippen molar-refractivity contribution in [3.8, 4) is 28.4 Å². The Bertz CT molecular complexity index is 1410. The van der Waals surface area contributed by atoms with Gasteiger partial charge in [0, 0.05) is 5.39 Å². The highest BCUT2D eigenvalue weighted by Crippen LogP contribution is 2.35. The second kappa shape index (κ2) is 9.22. The molecule has 7 heteroatoms. The van der Waals surface area contributed by atoms with Crippen LogP contribution in [0.2, 0.25) is 0 Å². The van der Waals surface area contributed by atoms with Crippen LogP contribution in [0.3, 0.4) is 0 Å². The van der Waals surface area contributed by atoms with Crippen LogP contribution < -0.4 is 4.74 Å². The number of carbonyl (C=O) groups excluding carboxylic acids is 2. The minimum atomic E-state index is -0.715. The summed E-state index contributed by atoms with van der Waals surface area (Å²) < 4.78 is 19.8. The summed E-state index contributed by atoms with van der Waals surface area (Å²) in [6.07, 6.45) is -1.07. The van der Waals surface area contributed by atoms with Crippen molar-refractivity contribution in [1.82, 2.24) is 9.13 Å². The number of benzene rings is 2. The Balaban J connectivity index is 1.96. The van der Waals surface area contributed by atoms with Crippen LogP contribution in [0, 0.1) is 0 Å². The summed E-state index contributed by atoms with van der Waals surface area (Å²) in [5.41, 5.74) is 1.74. The SMILES string of the molecule is COc1ccc(-c2ccc(-c3cc4ccccc4n3C(=O)OC(C)(C)C)n2C(=O)OC(C)(C)C)cc1. The molecular formula is C29H32N2O5. The van der Waals surface area contributed by atoms with Crippen LogP contribution in [-0.4, -0.2) is 39.6 Å². The van der Waals surface area contributed by atoms with Crippen molar-refractivity contribution in [2.45, 2.75) is 52.7 Å². The zero-order valence-electron chi connectivity index (χ0n) is 21.8. The van der Waals surface area contributed by atoms with E-state index in [2.05, 4.69) is 0 Å². The fraction of sp³-hybridized carbons (Fsp3) is 0.310. The van der Waals surface area contributed by atoms with Gasteiger partial charge in [-0.25, -0.2) is 18.7 Å². The number of nitrogens with zero attached hydrogens (tertiary/aromatic N) is 2. The third-order valence-corrected chi connectivity index (χ3v) is 5.39. The molecule has 0 amide bonds. The minimum Gasteiger partial charge on any atom is -0.497 e. The van der Waals surface area contributed by atoms with Gasteiger partial charge in [0.15, 0.2) is 0 Å². The standard InChI is InChI=1S/C29H32N2O5/c1-28(2,3)35-26(32)30-23(19-12-14-21(34-7)15-13-19)16-17-24(30)25-18-20-10-8-9-11-22(20)31(25)27(33)36-29(4,5)6/h8-18H,1-7H3. The Labute approximate surface area is 211 Å². The third kappa shape index (κ3) is 5.15. The number of hydrogen-bond acceptors (Lipinski definition) is 5. The molecule has 36 heavy (non-hydrogen) atoms. The Morgan fingerprint density at radius 1 is 0.667 bits per heavy atom. The van der Waals surface area contributed by atoms with Gasteiger partial charge in [0.1, 0.15) is 17.0 Å². The first-order valence-electron chi connectivity index (χ1n) is 11.8. The van der Waals surface area contributed by atoms with E-state index in [1.54, 1.807) is 7.11 Å². The molecule has 4 aromatic rings. The van der Waals surface area contributed by atoms with E-state index >= 15 is 0 Å². The average Bonchev–Trinajstić information content (AvgIpc) is 3.38. The molecule has 0 aliphatic heterocycles. The van der Waals surface area contributed by atoms with Gasteiger partial charge in [0.05, 0.1) is 29.7 Å². The van der Waals surface area contributed by atoms with E-state index in [4.69, 9.17) is 14.2 Å². The molecule has 0 radical (unpaired) electrons. The summed E-state index contributed by atoms with van der Waals surface area (Å²) in [4.78, 5) is 26.9. The maximum absolute atomic E-state index is 13.5. The molecule has 0 spiro atoms. The number of methoxy groups -OCH3 is 1. The van der Waals surface area contributed by atoms with Crippen molar-refractivity contribution in [2.75, 3.05) is 7.11 Å². The lowest BCUT2D eigenvalue weighted by Gasteiger charge is -2.23. The van der Waals surface area contributed by atoms with E-state index in [0.717, 1.165) is 10.9 Å². The first kappa shape index (κ1) is 25.1. The highest BCUT2D eigenvalue weighted by atomic mass is 16.6. The van der Waals surface area contributed by atoms with Gasteiger partial charge in [-0.2, -0.15) is 0 Å². The first-order chi connectivity index (χ1) is 16.9. The number of ether oxygens (including phenoxy) is 3. The molecule has 188 valence electrons. The highest BCUT2D eigenvalue weighted by molar-refractivity contribution is 5.97. The molecule has 0 fully saturated rings. The third-order valence-electron chi connectivity index (χ3n) is 5.39. The molecule has 4 rings (SSSR count). The summed E-state index contributed by atoms with van der Waals surface area (Å²) in [7, 11) is 1.60. The molecule has 0 unspecified atom stereocenters. The highest BCUT2D eigenvalue weighted by Gasteiger charge is 2.28. The number of rotatable bonds is 3. The molecule has 0 aliphatic carbocycles. The fourth-order valence-corrected chi connectivity index (χ4v) is 3.98. The number of para-hydroxylation sites is 1. The van der Waals surface area contributed by atoms with Crippen molar-refractivity contribution in [3.63, 3.8) is 0 Å². The molecule has 0 saturated carbocycles. The van der Waals surface area contributed by atoms with Crippen molar-refractivity contribution >= 4 is 23.1 Å². The second-order valence-electron chi connectivity index (χ2n) is 10.6. The quantitative estimate of drug-likeness (QED) is 0.301. The van der Waals surface area contributed by atoms with Gasteiger partial charge in [-0.05, 0) is 95.6 Å². The predicted octanol–water partition coefficient (Wildman–Crippen LogP) is 7.35. The summed E-state index contributed by atoms with van der Waals surface area (Å²) in [5, 5.41) is 0.848. The molecule has 0 atom stereocenters. The zero-order chi connectivity index (χ0) is 26.3. The van der Waals surface area contributed by atoms with E-state index in [0.29, 0.717) is 28.3 Å². The van der Waals surface area contributed by atoms with E-state index in [-0.39, 0.29) is 0 Å². The monoisotopic (exact) mass is 488 g/mol. The molecule has 0 aliphatic rings. The summed E-state index contributed by atoms with van der Waals surface area (Å²) in [6.45, 7) is 10.9. The first-order valence-corrected chi connectivity index (χ1v) is 11.8. The number of aromatic nitrogens is 2. The van der Waals surface area contributed by atoms with Gasteiger partial charge in [-0.1, -0.05) is 18.2 Å². The minimum absolute atomic E-state index is 0.511. The van der Waals surface area contributed by atoms with Crippen LogP contribution in [0.4, 0.5) is 9.59 Å². The van der Waals surface area contributed by atoms with Crippen LogP contribution in [0.25, 0.3) is 33.5 Å². The lowest BCUT2D eigenvalue weighted by Crippen LogP contribution is -2.29. The smallest absolute Gasteiger partial charge is 0.419 e. The van der Waals surface area contributed by atoms with Gasteiger partial charge in [0.2, 0.25) is 0 Å². The van der Waals surface area contributed by atoms with Crippen molar-refractivity contribution < 1.29 is 23.8 Å². The molecule has 2 aromatic carbocycles. The van der Waals surface area contributed by atoms with Crippen molar-refractivity contribution in [1.29, 1.82) is 0 Å². The molecular weight excluding hydrogens is 456 g/mol. The van der Waals surface area contributed by atoms with E-state index in [9.17, 15) is 9.59 Å². The predicted molar refractivity (Wildman–Crippen MR) is 141 cm³/mol. The number of fused-ring (bicyclic) bond motifs is 1. The maximum atomic E-state index is 13.5. The van der Waals surface area contributed by atoms with Crippen LogP contribution in [-0.2, 0) is 9.47 Å². The molecule has 0 N–H and O–H groups in total. The fourth-order valence-electron chi connectivity index (χ4n) is 3.98. The average molecular weight is 489 g/mol. The lowest BCUT2D eigenvalue weighted by molar-refractivity contribution is 0.0525. The Hall–Kier alpha value is -4.00. The van der Waals surface area contributed by atoms with E-state index in [1.165, 1.54) is 9.13 Å². The molecule has 0 saturated heterocycles. The summed E-state index contributed by atoms with van der Waals surface area (Å²) >= 11 is 0. The van der Waals surface area contributed by atoms with E-state index < -0.39 is 23.4 Å². The normalized spacial score (nSPS) is 12.0. The summed E-state index contributed by atoms with van der Waals surface area (Å²) in [6, 6.07) is 20.5. The second-order valence-corrected chi connectivity index (χ2v) is 10.6. The molecule has 2 aromatic heterocycles. The largest absolute Gasteiger partial charge is 0.497 e. The number of carbonyl (C=O) groups is 2. The van der Waals surface area contributed by atoms with Gasteiger partial charge in [-0.3, -0.25) is 0 Å². The Kier molecular flexibility index (Phi) is 6.43. The van der Waals surface area contributed by atoms with Crippen LogP contribution >= 0.6 is 0 Å². The maximum Gasteiger partial charge on any atom is 0.419 e. The summed E-state index contributed by atoms with van der Waals surface area (Å²) in [5.74, 6) is 0.708. The molecule has 2 heterocycles. The van der Waals surface area contributed by atoms with Crippen molar-refractivity contribution in [2.24, 2.45) is 0 Å². The van der Waals surface area contributed by atoms with Gasteiger partial charge >= 0.3 is 12.2 Å². The zero-order valence-corrected chi connectivity index (χ0v) is 21.8. The van der Waals surface area contributed by atoms with E-state index in [1.807, 2.05) is 108 Å². The topological polar surface area (TPSA) is 71.7 Å². The van der Waals surface area contributed by atoms with Crippen LogP contribution in [0.1, 0.15) is 41.5 Å². The number of hydrogen-bond donors (Lipinski definition) is 0. The van der Waals surface area contributed by atoms with Crippen LogP contribution in [0.5, 0.6) is 5.75 Å². The van der Waals surface area contributed by atoms with Gasteiger partial charge < -0.3 is 14.2 Å². The van der Waals surface area contributed by atoms with Crippen molar-refractivity contribution in [3.05, 3.63) is 66.7 Å². The van der Waals surface area contributed by atoms with Crippen LogP contribution in [0.15, 0.2) is 66.7 Å².